The van der Waals surface area contributed by atoms with Gasteiger partial charge in [0.05, 0.1) is 21.7 Å². The molecular formula is C16H13Cl2N3O2. The monoisotopic (exact) mass is 349 g/mol. The number of nitrogens with zero attached hydrogens (tertiary/aromatic N) is 2. The lowest BCUT2D eigenvalue weighted by atomic mass is 10.1. The molecule has 2 aromatic rings. The molecule has 1 fully saturated rings. The number of nitrogens with one attached hydrogen (secondary N) is 1. The number of halogens is 2. The Balaban J connectivity index is 1.71. The number of pyridine rings is 1. The SMILES string of the molecule is O=C(Nc1ccc(Cl)cn1)[C@@H]1CC(=O)N(c2ccccc2Cl)C1. The third-order valence-corrected chi connectivity index (χ3v) is 4.16. The van der Waals surface area contributed by atoms with Crippen molar-refractivity contribution in [3.63, 3.8) is 0 Å². The van der Waals surface area contributed by atoms with Gasteiger partial charge in [0.2, 0.25) is 11.8 Å². The summed E-state index contributed by atoms with van der Waals surface area (Å²) in [7, 11) is 0. The minimum Gasteiger partial charge on any atom is -0.310 e. The third-order valence-electron chi connectivity index (χ3n) is 3.62. The van der Waals surface area contributed by atoms with Gasteiger partial charge in [-0.25, -0.2) is 4.98 Å². The molecular weight excluding hydrogens is 337 g/mol. The first-order valence-corrected chi connectivity index (χ1v) is 7.77. The van der Waals surface area contributed by atoms with Crippen molar-refractivity contribution in [3.05, 3.63) is 52.6 Å². The second kappa shape index (κ2) is 6.56. The lowest BCUT2D eigenvalue weighted by Gasteiger charge is -2.17. The smallest absolute Gasteiger partial charge is 0.230 e. The molecule has 1 aromatic carbocycles. The highest BCUT2D eigenvalue weighted by molar-refractivity contribution is 6.34. The van der Waals surface area contributed by atoms with Gasteiger partial charge in [-0.3, -0.25) is 9.59 Å². The first-order valence-electron chi connectivity index (χ1n) is 7.02. The Hall–Kier alpha value is -2.11. The predicted octanol–water partition coefficient (Wildman–Crippen LogP) is 3.38. The van der Waals surface area contributed by atoms with Gasteiger partial charge in [0.1, 0.15) is 5.82 Å². The molecule has 0 radical (unpaired) electrons. The van der Waals surface area contributed by atoms with E-state index in [0.717, 1.165) is 0 Å². The maximum Gasteiger partial charge on any atom is 0.230 e. The van der Waals surface area contributed by atoms with Gasteiger partial charge in [-0.1, -0.05) is 35.3 Å². The Morgan fingerprint density at radius 3 is 2.70 bits per heavy atom. The Kier molecular flexibility index (Phi) is 4.50. The van der Waals surface area contributed by atoms with Crippen LogP contribution in [0.5, 0.6) is 0 Å². The van der Waals surface area contributed by atoms with E-state index in [-0.39, 0.29) is 18.2 Å². The molecule has 1 aromatic heterocycles. The Morgan fingerprint density at radius 2 is 2.00 bits per heavy atom. The molecule has 2 amide bonds. The molecule has 3 rings (SSSR count). The largest absolute Gasteiger partial charge is 0.310 e. The molecule has 0 spiro atoms. The van der Waals surface area contributed by atoms with Gasteiger partial charge in [-0.15, -0.1) is 0 Å². The minimum absolute atomic E-state index is 0.123. The number of aromatic nitrogens is 1. The quantitative estimate of drug-likeness (QED) is 0.923. The molecule has 7 heteroatoms. The molecule has 1 aliphatic heterocycles. The summed E-state index contributed by atoms with van der Waals surface area (Å²) in [6.45, 7) is 0.294. The van der Waals surface area contributed by atoms with Crippen molar-refractivity contribution in [3.8, 4) is 0 Å². The van der Waals surface area contributed by atoms with Crippen LogP contribution in [0.4, 0.5) is 11.5 Å². The normalized spacial score (nSPS) is 17.4. The average Bonchev–Trinajstić information content (AvgIpc) is 2.92. The molecule has 1 atom stereocenters. The maximum absolute atomic E-state index is 12.3. The van der Waals surface area contributed by atoms with Gasteiger partial charge in [0.15, 0.2) is 0 Å². The van der Waals surface area contributed by atoms with Crippen LogP contribution in [-0.4, -0.2) is 23.3 Å². The number of amides is 2. The fourth-order valence-electron chi connectivity index (χ4n) is 2.46. The first kappa shape index (κ1) is 15.8. The zero-order chi connectivity index (χ0) is 16.4. The average molecular weight is 350 g/mol. The van der Waals surface area contributed by atoms with Crippen molar-refractivity contribution in [1.29, 1.82) is 0 Å². The molecule has 2 heterocycles. The Bertz CT molecular complexity index is 749. The number of hydrogen-bond acceptors (Lipinski definition) is 3. The first-order chi connectivity index (χ1) is 11.0. The molecule has 118 valence electrons. The molecule has 0 aliphatic carbocycles. The van der Waals surface area contributed by atoms with Crippen LogP contribution >= 0.6 is 23.2 Å². The number of anilines is 2. The van der Waals surface area contributed by atoms with Crippen LogP contribution in [0.15, 0.2) is 42.6 Å². The summed E-state index contributed by atoms with van der Waals surface area (Å²) in [6.07, 6.45) is 1.59. The van der Waals surface area contributed by atoms with Gasteiger partial charge in [-0.2, -0.15) is 0 Å². The van der Waals surface area contributed by atoms with Crippen LogP contribution in [0, 0.1) is 5.92 Å². The minimum atomic E-state index is -0.448. The van der Waals surface area contributed by atoms with Crippen molar-refractivity contribution < 1.29 is 9.59 Å². The highest BCUT2D eigenvalue weighted by Crippen LogP contribution is 2.31. The highest BCUT2D eigenvalue weighted by Gasteiger charge is 2.35. The van der Waals surface area contributed by atoms with Crippen LogP contribution in [-0.2, 0) is 9.59 Å². The summed E-state index contributed by atoms with van der Waals surface area (Å²) in [5.74, 6) is -0.413. The van der Waals surface area contributed by atoms with Gasteiger partial charge >= 0.3 is 0 Å². The standard InChI is InChI=1S/C16H13Cl2N3O2/c17-11-5-6-14(19-8-11)20-16(23)10-7-15(22)21(9-10)13-4-2-1-3-12(13)18/h1-6,8,10H,7,9H2,(H,19,20,23)/t10-/m1/s1. The van der Waals surface area contributed by atoms with E-state index >= 15 is 0 Å². The third kappa shape index (κ3) is 3.46. The summed E-state index contributed by atoms with van der Waals surface area (Å²) < 4.78 is 0. The maximum atomic E-state index is 12.3. The highest BCUT2D eigenvalue weighted by atomic mass is 35.5. The Morgan fingerprint density at radius 1 is 1.22 bits per heavy atom. The number of hydrogen-bond donors (Lipinski definition) is 1. The molecule has 1 saturated heterocycles. The van der Waals surface area contributed by atoms with Crippen LogP contribution in [0.1, 0.15) is 6.42 Å². The van der Waals surface area contributed by atoms with Crippen molar-refractivity contribution in [2.75, 3.05) is 16.8 Å². The van der Waals surface area contributed by atoms with E-state index in [1.165, 1.54) is 6.20 Å². The van der Waals surface area contributed by atoms with Crippen molar-refractivity contribution in [2.45, 2.75) is 6.42 Å². The zero-order valence-electron chi connectivity index (χ0n) is 12.0. The predicted molar refractivity (Wildman–Crippen MR) is 89.8 cm³/mol. The fraction of sp³-hybridized carbons (Fsp3) is 0.188. The summed E-state index contributed by atoms with van der Waals surface area (Å²) in [4.78, 5) is 30.1. The lowest BCUT2D eigenvalue weighted by Crippen LogP contribution is -2.28. The number of carbonyl (C=O) groups is 2. The summed E-state index contributed by atoms with van der Waals surface area (Å²) in [5.41, 5.74) is 0.624. The number of para-hydroxylation sites is 1. The van der Waals surface area contributed by atoms with Crippen LogP contribution in [0.25, 0.3) is 0 Å². The molecule has 23 heavy (non-hydrogen) atoms. The number of benzene rings is 1. The molecule has 0 saturated carbocycles. The van der Waals surface area contributed by atoms with Gasteiger partial charge in [0.25, 0.3) is 0 Å². The van der Waals surface area contributed by atoms with E-state index in [9.17, 15) is 9.59 Å². The summed E-state index contributed by atoms with van der Waals surface area (Å²) in [5, 5.41) is 3.67. The summed E-state index contributed by atoms with van der Waals surface area (Å²) in [6, 6.07) is 10.3. The summed E-state index contributed by atoms with van der Waals surface area (Å²) >= 11 is 11.9. The van der Waals surface area contributed by atoms with E-state index in [2.05, 4.69) is 10.3 Å². The van der Waals surface area contributed by atoms with E-state index in [0.29, 0.717) is 28.1 Å². The Labute approximate surface area is 143 Å². The molecule has 5 nitrogen and oxygen atoms in total. The molecule has 1 N–H and O–H groups in total. The van der Waals surface area contributed by atoms with E-state index in [1.807, 2.05) is 0 Å². The van der Waals surface area contributed by atoms with Gasteiger partial charge in [0, 0.05) is 19.2 Å². The number of rotatable bonds is 3. The van der Waals surface area contributed by atoms with E-state index in [1.54, 1.807) is 41.3 Å². The van der Waals surface area contributed by atoms with Crippen molar-refractivity contribution in [2.24, 2.45) is 5.92 Å². The van der Waals surface area contributed by atoms with E-state index < -0.39 is 5.92 Å². The van der Waals surface area contributed by atoms with Gasteiger partial charge in [-0.05, 0) is 24.3 Å². The second-order valence-corrected chi connectivity index (χ2v) is 6.05. The van der Waals surface area contributed by atoms with Crippen molar-refractivity contribution in [1.82, 2.24) is 4.98 Å². The molecule has 0 unspecified atom stereocenters. The molecule has 1 aliphatic rings. The van der Waals surface area contributed by atoms with Crippen molar-refractivity contribution >= 4 is 46.5 Å². The van der Waals surface area contributed by atoms with Crippen LogP contribution in [0.2, 0.25) is 10.0 Å². The van der Waals surface area contributed by atoms with Crippen LogP contribution < -0.4 is 10.2 Å². The molecule has 0 bridgehead atoms. The topological polar surface area (TPSA) is 62.3 Å². The van der Waals surface area contributed by atoms with Gasteiger partial charge < -0.3 is 10.2 Å². The number of carbonyl (C=O) groups excluding carboxylic acids is 2. The van der Waals surface area contributed by atoms with E-state index in [4.69, 9.17) is 23.2 Å². The second-order valence-electron chi connectivity index (χ2n) is 5.21. The zero-order valence-corrected chi connectivity index (χ0v) is 13.5. The fourth-order valence-corrected chi connectivity index (χ4v) is 2.81. The van der Waals surface area contributed by atoms with Crippen LogP contribution in [0.3, 0.4) is 0 Å². The lowest BCUT2D eigenvalue weighted by molar-refractivity contribution is -0.122.